The van der Waals surface area contributed by atoms with E-state index in [1.54, 1.807) is 0 Å². The molecule has 0 unspecified atom stereocenters. The lowest BCUT2D eigenvalue weighted by atomic mass is 9.87. The number of thiazole rings is 1. The van der Waals surface area contributed by atoms with Gasteiger partial charge in [-0.3, -0.25) is 4.79 Å². The Bertz CT molecular complexity index is 1230. The van der Waals surface area contributed by atoms with Crippen LogP contribution in [-0.2, 0) is 5.41 Å². The quantitative estimate of drug-likeness (QED) is 0.464. The molecule has 0 radical (unpaired) electrons. The van der Waals surface area contributed by atoms with Crippen LogP contribution in [0.1, 0.15) is 31.9 Å². The largest absolute Gasteiger partial charge is 0.291 e. The molecule has 0 saturated carbocycles. The summed E-state index contributed by atoms with van der Waals surface area (Å²) < 4.78 is 2.99. The van der Waals surface area contributed by atoms with Crippen molar-refractivity contribution in [1.82, 2.24) is 14.6 Å². The van der Waals surface area contributed by atoms with Crippen molar-refractivity contribution in [3.63, 3.8) is 0 Å². The van der Waals surface area contributed by atoms with Gasteiger partial charge in [0.15, 0.2) is 5.82 Å². The summed E-state index contributed by atoms with van der Waals surface area (Å²) in [5.41, 5.74) is 3.09. The fourth-order valence-corrected chi connectivity index (χ4v) is 4.15. The van der Waals surface area contributed by atoms with E-state index in [1.807, 2.05) is 42.5 Å². The molecule has 0 aliphatic carbocycles. The molecule has 2 aromatic carbocycles. The van der Waals surface area contributed by atoms with Crippen molar-refractivity contribution in [3.8, 4) is 11.4 Å². The zero-order valence-electron chi connectivity index (χ0n) is 15.2. The summed E-state index contributed by atoms with van der Waals surface area (Å²) in [5, 5.41) is 4.43. The topological polar surface area (TPSA) is 47.3 Å². The lowest BCUT2D eigenvalue weighted by molar-refractivity contribution is 0.590. The number of rotatable bonds is 2. The molecule has 0 spiro atoms. The molecule has 4 aromatic rings. The molecule has 0 fully saturated rings. The Morgan fingerprint density at radius 3 is 2.48 bits per heavy atom. The van der Waals surface area contributed by atoms with E-state index in [2.05, 4.69) is 58.9 Å². The molecule has 0 amide bonds. The van der Waals surface area contributed by atoms with Gasteiger partial charge in [0, 0.05) is 10.0 Å². The number of hydrogen-bond acceptors (Lipinski definition) is 4. The maximum Gasteiger partial charge on any atom is 0.291 e. The Morgan fingerprint density at radius 2 is 1.85 bits per heavy atom. The second kappa shape index (κ2) is 6.69. The Labute approximate surface area is 169 Å². The van der Waals surface area contributed by atoms with Crippen molar-refractivity contribution < 1.29 is 0 Å². The molecule has 0 aliphatic rings. The minimum atomic E-state index is -0.139. The highest BCUT2D eigenvalue weighted by Crippen LogP contribution is 2.25. The third-order valence-corrected chi connectivity index (χ3v) is 5.79. The van der Waals surface area contributed by atoms with Crippen LogP contribution in [0.5, 0.6) is 0 Å². The molecule has 27 heavy (non-hydrogen) atoms. The summed E-state index contributed by atoms with van der Waals surface area (Å²) in [4.78, 5) is 17.8. The molecule has 0 bridgehead atoms. The molecular weight excluding hydrogens is 422 g/mol. The van der Waals surface area contributed by atoms with E-state index in [-0.39, 0.29) is 11.0 Å². The summed E-state index contributed by atoms with van der Waals surface area (Å²) in [6.45, 7) is 6.54. The first-order valence-electron chi connectivity index (χ1n) is 8.59. The highest BCUT2D eigenvalue weighted by molar-refractivity contribution is 9.10. The maximum atomic E-state index is 12.7. The van der Waals surface area contributed by atoms with Crippen molar-refractivity contribution in [2.24, 2.45) is 0 Å². The molecule has 2 heterocycles. The molecule has 0 saturated heterocycles. The number of nitrogens with zero attached hydrogens (tertiary/aromatic N) is 3. The van der Waals surface area contributed by atoms with Crippen LogP contribution >= 0.6 is 27.3 Å². The number of fused-ring (bicyclic) bond motifs is 1. The van der Waals surface area contributed by atoms with Crippen molar-refractivity contribution >= 4 is 38.3 Å². The van der Waals surface area contributed by atoms with Gasteiger partial charge in [0.1, 0.15) is 0 Å². The molecule has 136 valence electrons. The molecule has 4 nitrogen and oxygen atoms in total. The molecule has 2 aromatic heterocycles. The average molecular weight is 440 g/mol. The van der Waals surface area contributed by atoms with Crippen molar-refractivity contribution in [3.05, 3.63) is 79.0 Å². The van der Waals surface area contributed by atoms with Gasteiger partial charge in [-0.2, -0.15) is 9.50 Å². The lowest BCUT2D eigenvalue weighted by Gasteiger charge is -2.18. The van der Waals surface area contributed by atoms with E-state index in [9.17, 15) is 4.79 Å². The number of halogens is 1. The molecule has 6 heteroatoms. The molecule has 0 N–H and O–H groups in total. The van der Waals surface area contributed by atoms with Crippen LogP contribution in [0.25, 0.3) is 22.4 Å². The van der Waals surface area contributed by atoms with Crippen LogP contribution in [0, 0.1) is 0 Å². The monoisotopic (exact) mass is 439 g/mol. The Kier molecular flexibility index (Phi) is 4.48. The second-order valence-corrected chi connectivity index (χ2v) is 9.35. The van der Waals surface area contributed by atoms with E-state index in [0.29, 0.717) is 15.3 Å². The van der Waals surface area contributed by atoms with E-state index in [0.717, 1.165) is 15.6 Å². The second-order valence-electron chi connectivity index (χ2n) is 7.43. The third kappa shape index (κ3) is 3.59. The van der Waals surface area contributed by atoms with Gasteiger partial charge in [-0.05, 0) is 34.8 Å². The van der Waals surface area contributed by atoms with Crippen LogP contribution in [0.4, 0.5) is 0 Å². The van der Waals surface area contributed by atoms with Crippen molar-refractivity contribution in [2.75, 3.05) is 0 Å². The van der Waals surface area contributed by atoms with Gasteiger partial charge in [0.2, 0.25) is 4.96 Å². The van der Waals surface area contributed by atoms with Crippen LogP contribution in [0.15, 0.2) is 57.8 Å². The SMILES string of the molecule is CC(C)(C)c1ccc(-c2nc3sc(=Cc4cccc(Br)c4)c(=O)n3n2)cc1. The third-order valence-electron chi connectivity index (χ3n) is 4.34. The van der Waals surface area contributed by atoms with Crippen molar-refractivity contribution in [2.45, 2.75) is 26.2 Å². The Morgan fingerprint density at radius 1 is 1.11 bits per heavy atom. The first-order chi connectivity index (χ1) is 12.8. The normalized spacial score (nSPS) is 12.8. The molecular formula is C21H18BrN3OS. The minimum absolute atomic E-state index is 0.0971. The summed E-state index contributed by atoms with van der Waals surface area (Å²) in [6.07, 6.45) is 1.87. The van der Waals surface area contributed by atoms with Gasteiger partial charge in [0.05, 0.1) is 4.53 Å². The Balaban J connectivity index is 1.74. The number of hydrogen-bond donors (Lipinski definition) is 0. The summed E-state index contributed by atoms with van der Waals surface area (Å²) >= 11 is 4.80. The van der Waals surface area contributed by atoms with Crippen LogP contribution in [0.2, 0.25) is 0 Å². The first-order valence-corrected chi connectivity index (χ1v) is 10.2. The molecule has 4 rings (SSSR count). The minimum Gasteiger partial charge on any atom is -0.266 e. The van der Waals surface area contributed by atoms with Crippen LogP contribution < -0.4 is 10.1 Å². The van der Waals surface area contributed by atoms with Gasteiger partial charge in [-0.25, -0.2) is 0 Å². The summed E-state index contributed by atoms with van der Waals surface area (Å²) in [5.74, 6) is 0.577. The molecule has 0 atom stereocenters. The summed E-state index contributed by atoms with van der Waals surface area (Å²) in [6, 6.07) is 16.0. The Hall–Kier alpha value is -2.31. The fraction of sp³-hybridized carbons (Fsp3) is 0.190. The van der Waals surface area contributed by atoms with E-state index in [1.165, 1.54) is 21.4 Å². The van der Waals surface area contributed by atoms with Crippen LogP contribution in [-0.4, -0.2) is 14.6 Å². The first kappa shape index (κ1) is 18.1. The highest BCUT2D eigenvalue weighted by atomic mass is 79.9. The number of aromatic nitrogens is 3. The predicted octanol–water partition coefficient (Wildman–Crippen LogP) is 4.43. The smallest absolute Gasteiger partial charge is 0.266 e. The molecule has 0 aliphatic heterocycles. The van der Waals surface area contributed by atoms with Crippen molar-refractivity contribution in [1.29, 1.82) is 0 Å². The van der Waals surface area contributed by atoms with Gasteiger partial charge < -0.3 is 0 Å². The van der Waals surface area contributed by atoms with Gasteiger partial charge in [-0.1, -0.05) is 84.4 Å². The van der Waals surface area contributed by atoms with Gasteiger partial charge in [-0.15, -0.1) is 5.10 Å². The summed E-state index contributed by atoms with van der Waals surface area (Å²) in [7, 11) is 0. The van der Waals surface area contributed by atoms with E-state index >= 15 is 0 Å². The van der Waals surface area contributed by atoms with Crippen LogP contribution in [0.3, 0.4) is 0 Å². The number of benzene rings is 2. The van der Waals surface area contributed by atoms with E-state index in [4.69, 9.17) is 0 Å². The zero-order valence-corrected chi connectivity index (χ0v) is 17.6. The van der Waals surface area contributed by atoms with Gasteiger partial charge in [0.25, 0.3) is 5.56 Å². The average Bonchev–Trinajstić information content (AvgIpc) is 3.15. The standard InChI is InChI=1S/C21H18BrN3OS/c1-21(2,3)15-9-7-14(8-10-15)18-23-20-25(24-18)19(26)17(27-20)12-13-5-4-6-16(22)11-13/h4-12H,1-3H3. The van der Waals surface area contributed by atoms with Gasteiger partial charge >= 0.3 is 0 Å². The fourth-order valence-electron chi connectivity index (χ4n) is 2.82. The zero-order chi connectivity index (χ0) is 19.2. The lowest BCUT2D eigenvalue weighted by Crippen LogP contribution is -2.23. The van der Waals surface area contributed by atoms with E-state index < -0.39 is 0 Å². The highest BCUT2D eigenvalue weighted by Gasteiger charge is 2.15. The predicted molar refractivity (Wildman–Crippen MR) is 114 cm³/mol. The maximum absolute atomic E-state index is 12.7.